The maximum atomic E-state index is 10.9. The van der Waals surface area contributed by atoms with Crippen LogP contribution >= 0.6 is 0 Å². The molecule has 32 heavy (non-hydrogen) atoms. The van der Waals surface area contributed by atoms with E-state index in [1.54, 1.807) is 0 Å². The molecule has 0 unspecified atom stereocenters. The Hall–Kier alpha value is -2.96. The Kier molecular flexibility index (Phi) is 6.05. The van der Waals surface area contributed by atoms with Gasteiger partial charge in [0.2, 0.25) is 0 Å². The van der Waals surface area contributed by atoms with Gasteiger partial charge in [-0.25, -0.2) is 4.68 Å². The zero-order valence-corrected chi connectivity index (χ0v) is 19.7. The van der Waals surface area contributed by atoms with Gasteiger partial charge < -0.3 is 4.46 Å². The molecule has 5 nitrogen and oxygen atoms in total. The van der Waals surface area contributed by atoms with Crippen LogP contribution < -0.4 is 0 Å². The first-order valence-corrected chi connectivity index (χ1v) is 12.8. The first-order valence-electron chi connectivity index (χ1n) is 11.5. The Morgan fingerprint density at radius 1 is 0.969 bits per heavy atom. The van der Waals surface area contributed by atoms with Crippen LogP contribution in [0.2, 0.25) is 6.04 Å². The van der Waals surface area contributed by atoms with E-state index in [9.17, 15) is 4.46 Å². The molecule has 0 aliphatic carbocycles. The summed E-state index contributed by atoms with van der Waals surface area (Å²) in [6.07, 6.45) is 4.15. The lowest BCUT2D eigenvalue weighted by atomic mass is 9.91. The van der Waals surface area contributed by atoms with Gasteiger partial charge in [0.05, 0.1) is 18.4 Å². The van der Waals surface area contributed by atoms with Crippen LogP contribution in [0.5, 0.6) is 0 Å². The number of hydrogen-bond donors (Lipinski definition) is 0. The zero-order valence-electron chi connectivity index (χ0n) is 18.5. The molecule has 5 aromatic rings. The van der Waals surface area contributed by atoms with E-state index in [2.05, 4.69) is 82.9 Å². The molecule has 0 aliphatic heterocycles. The van der Waals surface area contributed by atoms with Gasteiger partial charge in [0.1, 0.15) is 0 Å². The van der Waals surface area contributed by atoms with E-state index in [0.717, 1.165) is 44.2 Å². The minimum absolute atomic E-state index is 0.650. The van der Waals surface area contributed by atoms with E-state index in [-0.39, 0.29) is 0 Å². The first kappa shape index (κ1) is 20.9. The normalized spacial score (nSPS) is 11.9. The summed E-state index contributed by atoms with van der Waals surface area (Å²) < 4.78 is 12.8. The van der Waals surface area contributed by atoms with E-state index in [1.165, 1.54) is 37.9 Å². The van der Waals surface area contributed by atoms with Crippen molar-refractivity contribution in [1.29, 1.82) is 0 Å². The quantitative estimate of drug-likeness (QED) is 0.174. The van der Waals surface area contributed by atoms with E-state index in [0.29, 0.717) is 6.54 Å². The number of hydrogen-bond acceptors (Lipinski definition) is 4. The Bertz CT molecular complexity index is 1360. The van der Waals surface area contributed by atoms with Crippen molar-refractivity contribution in [1.82, 2.24) is 19.9 Å². The van der Waals surface area contributed by atoms with Crippen molar-refractivity contribution < 1.29 is 4.46 Å². The molecule has 0 saturated carbocycles. The van der Waals surface area contributed by atoms with Crippen molar-refractivity contribution in [2.24, 2.45) is 0 Å². The topological polar surface area (TPSA) is 51.0 Å². The highest BCUT2D eigenvalue weighted by molar-refractivity contribution is 6.23. The second-order valence-electron chi connectivity index (χ2n) is 8.58. The van der Waals surface area contributed by atoms with Gasteiger partial charge in [0.15, 0.2) is 0 Å². The van der Waals surface area contributed by atoms with Gasteiger partial charge in [0.25, 0.3) is 9.41 Å². The minimum Gasteiger partial charge on any atom is -0.392 e. The summed E-state index contributed by atoms with van der Waals surface area (Å²) in [6, 6.07) is 20.7. The van der Waals surface area contributed by atoms with Gasteiger partial charge in [-0.1, -0.05) is 60.7 Å². The monoisotopic (exact) mass is 440 g/mol. The zero-order chi connectivity index (χ0) is 21.9. The van der Waals surface area contributed by atoms with Gasteiger partial charge in [0, 0.05) is 6.54 Å². The van der Waals surface area contributed by atoms with E-state index in [1.807, 2.05) is 4.68 Å². The third-order valence-electron chi connectivity index (χ3n) is 6.23. The highest BCUT2D eigenvalue weighted by Crippen LogP contribution is 2.36. The van der Waals surface area contributed by atoms with Gasteiger partial charge in [-0.05, 0) is 75.9 Å². The fourth-order valence-electron chi connectivity index (χ4n) is 4.84. The fourth-order valence-corrected chi connectivity index (χ4v) is 5.19. The smallest absolute Gasteiger partial charge is 0.261 e. The summed E-state index contributed by atoms with van der Waals surface area (Å²) in [5.74, 6) is 0. The average Bonchev–Trinajstić information content (AvgIpc) is 3.25. The van der Waals surface area contributed by atoms with Crippen LogP contribution in [0.3, 0.4) is 0 Å². The molecule has 0 aliphatic rings. The van der Waals surface area contributed by atoms with Crippen LogP contribution in [-0.4, -0.2) is 42.4 Å². The molecule has 1 aromatic heterocycles. The van der Waals surface area contributed by atoms with Gasteiger partial charge in [-0.2, -0.15) is 0 Å². The molecule has 0 fully saturated rings. The first-order chi connectivity index (χ1) is 15.8. The molecule has 0 saturated heterocycles. The fraction of sp³-hybridized carbons (Fsp3) is 0.308. The molecule has 0 N–H and O–H groups in total. The SMILES string of the molecule is CCCN(CCC[SiH]=O)Cc1cn(Cc2cc3cccc4ccc5cccc2c5c43)nn1. The summed E-state index contributed by atoms with van der Waals surface area (Å²) in [4.78, 5) is 2.39. The van der Waals surface area contributed by atoms with Crippen LogP contribution in [-0.2, 0) is 17.6 Å². The maximum Gasteiger partial charge on any atom is 0.261 e. The average molecular weight is 441 g/mol. The largest absolute Gasteiger partial charge is 0.392 e. The summed E-state index contributed by atoms with van der Waals surface area (Å²) >= 11 is 0. The van der Waals surface area contributed by atoms with Crippen LogP contribution in [0.1, 0.15) is 31.0 Å². The molecule has 4 aromatic carbocycles. The van der Waals surface area contributed by atoms with Crippen molar-refractivity contribution in [3.63, 3.8) is 0 Å². The third kappa shape index (κ3) is 4.08. The molecule has 0 spiro atoms. The van der Waals surface area contributed by atoms with Crippen LogP contribution in [0.25, 0.3) is 32.3 Å². The van der Waals surface area contributed by atoms with Crippen LogP contribution in [0, 0.1) is 0 Å². The van der Waals surface area contributed by atoms with Crippen molar-refractivity contribution in [3.05, 3.63) is 72.1 Å². The van der Waals surface area contributed by atoms with E-state index >= 15 is 0 Å². The minimum atomic E-state index is -0.650. The van der Waals surface area contributed by atoms with E-state index in [4.69, 9.17) is 0 Å². The molecular weight excluding hydrogens is 412 g/mol. The lowest BCUT2D eigenvalue weighted by Crippen LogP contribution is -2.25. The summed E-state index contributed by atoms with van der Waals surface area (Å²) in [7, 11) is -0.650. The number of nitrogens with zero attached hydrogens (tertiary/aromatic N) is 4. The van der Waals surface area contributed by atoms with Crippen LogP contribution in [0.4, 0.5) is 0 Å². The van der Waals surface area contributed by atoms with Crippen molar-refractivity contribution in [2.45, 2.75) is 38.9 Å². The molecular formula is C26H28N4OSi. The van der Waals surface area contributed by atoms with Gasteiger partial charge >= 0.3 is 0 Å². The lowest BCUT2D eigenvalue weighted by molar-refractivity contribution is 0.263. The number of rotatable bonds is 10. The van der Waals surface area contributed by atoms with Crippen molar-refractivity contribution >= 4 is 41.7 Å². The number of benzene rings is 4. The van der Waals surface area contributed by atoms with Crippen molar-refractivity contribution in [2.75, 3.05) is 13.1 Å². The van der Waals surface area contributed by atoms with E-state index < -0.39 is 9.41 Å². The highest BCUT2D eigenvalue weighted by Gasteiger charge is 2.13. The second kappa shape index (κ2) is 9.26. The molecule has 0 atom stereocenters. The molecule has 6 heteroatoms. The third-order valence-corrected chi connectivity index (χ3v) is 6.88. The highest BCUT2D eigenvalue weighted by atomic mass is 28.2. The lowest BCUT2D eigenvalue weighted by Gasteiger charge is -2.19. The molecule has 0 radical (unpaired) electrons. The standard InChI is InChI=1S/C26H28N4OSi/c1-2-12-29(13-5-14-32-31)17-23-18-30(28-27-23)16-22-15-21-8-3-6-19-10-11-20-7-4-9-24(22)26(20)25(19)21/h3-4,6-11,15,18,32H,2,5,12-14,16-17H2,1H3. The van der Waals surface area contributed by atoms with Crippen molar-refractivity contribution in [3.8, 4) is 0 Å². The molecule has 162 valence electrons. The molecule has 0 amide bonds. The van der Waals surface area contributed by atoms with Gasteiger partial charge in [-0.3, -0.25) is 4.90 Å². The summed E-state index contributed by atoms with van der Waals surface area (Å²) in [5.41, 5.74) is 2.26. The Morgan fingerprint density at radius 2 is 1.75 bits per heavy atom. The second-order valence-corrected chi connectivity index (χ2v) is 9.49. The Labute approximate surface area is 190 Å². The maximum absolute atomic E-state index is 10.9. The number of aromatic nitrogens is 3. The predicted octanol–water partition coefficient (Wildman–Crippen LogP) is 5.03. The molecule has 0 bridgehead atoms. The Morgan fingerprint density at radius 3 is 2.56 bits per heavy atom. The molecule has 5 rings (SSSR count). The Balaban J connectivity index is 1.44. The molecule has 1 heterocycles. The van der Waals surface area contributed by atoms with Gasteiger partial charge in [-0.15, -0.1) is 5.10 Å². The summed E-state index contributed by atoms with van der Waals surface area (Å²) in [5, 5.41) is 16.7. The van der Waals surface area contributed by atoms with Crippen LogP contribution in [0.15, 0.2) is 60.8 Å². The summed E-state index contributed by atoms with van der Waals surface area (Å²) in [6.45, 7) is 5.67. The predicted molar refractivity (Wildman–Crippen MR) is 132 cm³/mol.